The Morgan fingerprint density at radius 2 is 1.96 bits per heavy atom. The molecular formula is C19H27NO4. The lowest BCUT2D eigenvalue weighted by atomic mass is 9.85. The molecule has 1 aromatic rings. The zero-order valence-electron chi connectivity index (χ0n) is 14.7. The van der Waals surface area contributed by atoms with E-state index in [-0.39, 0.29) is 30.0 Å². The third-order valence-electron chi connectivity index (χ3n) is 4.14. The van der Waals surface area contributed by atoms with Gasteiger partial charge in [0.05, 0.1) is 0 Å². The summed E-state index contributed by atoms with van der Waals surface area (Å²) in [6.45, 7) is 5.89. The molecule has 0 radical (unpaired) electrons. The largest absolute Gasteiger partial charge is 0.508 e. The summed E-state index contributed by atoms with van der Waals surface area (Å²) in [6, 6.07) is 5.04. The minimum absolute atomic E-state index is 0.0719. The van der Waals surface area contributed by atoms with E-state index in [1.165, 1.54) is 0 Å². The highest BCUT2D eigenvalue weighted by Gasteiger charge is 2.25. The second-order valence-corrected chi connectivity index (χ2v) is 7.39. The van der Waals surface area contributed by atoms with Gasteiger partial charge >= 0.3 is 5.97 Å². The first-order valence-electron chi connectivity index (χ1n) is 8.55. The van der Waals surface area contributed by atoms with Gasteiger partial charge in [0.25, 0.3) is 0 Å². The van der Waals surface area contributed by atoms with Crippen LogP contribution in [0.1, 0.15) is 57.6 Å². The number of phenolic OH excluding ortho intramolecular Hbond substituents is 1. The third-order valence-corrected chi connectivity index (χ3v) is 4.14. The molecule has 0 saturated heterocycles. The number of aryl methyl sites for hydroxylation is 1. The Labute approximate surface area is 143 Å². The van der Waals surface area contributed by atoms with Gasteiger partial charge in [-0.05, 0) is 63.3 Å². The van der Waals surface area contributed by atoms with Crippen molar-refractivity contribution in [2.45, 2.75) is 65.0 Å². The van der Waals surface area contributed by atoms with E-state index in [4.69, 9.17) is 4.74 Å². The molecule has 1 amide bonds. The van der Waals surface area contributed by atoms with Gasteiger partial charge in [-0.1, -0.05) is 12.5 Å². The summed E-state index contributed by atoms with van der Waals surface area (Å²) in [5, 5.41) is 12.6. The fraction of sp³-hybridized carbons (Fsp3) is 0.579. The number of aromatic hydroxyl groups is 1. The maximum Gasteiger partial charge on any atom is 0.306 e. The highest BCUT2D eigenvalue weighted by atomic mass is 16.6. The van der Waals surface area contributed by atoms with Crippen LogP contribution in [0.4, 0.5) is 0 Å². The van der Waals surface area contributed by atoms with Gasteiger partial charge in [-0.15, -0.1) is 0 Å². The van der Waals surface area contributed by atoms with Gasteiger partial charge in [0, 0.05) is 18.9 Å². The molecule has 1 aliphatic rings. The second-order valence-electron chi connectivity index (χ2n) is 7.39. The number of phenols is 1. The van der Waals surface area contributed by atoms with E-state index >= 15 is 0 Å². The molecule has 0 aromatic heterocycles. The zero-order chi connectivity index (χ0) is 17.7. The molecule has 5 nitrogen and oxygen atoms in total. The van der Waals surface area contributed by atoms with Crippen molar-refractivity contribution >= 4 is 11.9 Å². The quantitative estimate of drug-likeness (QED) is 0.785. The molecule has 0 aliphatic heterocycles. The minimum Gasteiger partial charge on any atom is -0.508 e. The zero-order valence-corrected chi connectivity index (χ0v) is 14.7. The Kier molecular flexibility index (Phi) is 5.86. The molecular weight excluding hydrogens is 306 g/mol. The van der Waals surface area contributed by atoms with Gasteiger partial charge < -0.3 is 15.2 Å². The lowest BCUT2D eigenvalue weighted by Crippen LogP contribution is -2.34. The molecule has 0 unspecified atom stereocenters. The van der Waals surface area contributed by atoms with Gasteiger partial charge in [0.1, 0.15) is 11.4 Å². The van der Waals surface area contributed by atoms with E-state index in [1.807, 2.05) is 20.8 Å². The van der Waals surface area contributed by atoms with Gasteiger partial charge in [-0.3, -0.25) is 9.59 Å². The minimum atomic E-state index is -0.494. The summed E-state index contributed by atoms with van der Waals surface area (Å²) in [5.41, 5.74) is 1.28. The van der Waals surface area contributed by atoms with Crippen molar-refractivity contribution in [1.29, 1.82) is 0 Å². The molecule has 1 aromatic carbocycles. The van der Waals surface area contributed by atoms with Crippen LogP contribution in [-0.4, -0.2) is 22.6 Å². The Morgan fingerprint density at radius 1 is 1.25 bits per heavy atom. The van der Waals surface area contributed by atoms with Crippen LogP contribution in [0.3, 0.4) is 0 Å². The summed E-state index contributed by atoms with van der Waals surface area (Å²) in [6.07, 6.45) is 3.82. The predicted octanol–water partition coefficient (Wildman–Crippen LogP) is 3.08. The Hall–Kier alpha value is -2.04. The van der Waals surface area contributed by atoms with Crippen molar-refractivity contribution in [2.24, 2.45) is 5.92 Å². The second kappa shape index (κ2) is 7.69. The number of hydrogen-bond donors (Lipinski definition) is 2. The molecule has 2 rings (SSSR count). The monoisotopic (exact) mass is 333 g/mol. The molecule has 0 bridgehead atoms. The number of esters is 1. The van der Waals surface area contributed by atoms with Crippen LogP contribution in [0.5, 0.6) is 5.75 Å². The van der Waals surface area contributed by atoms with Crippen LogP contribution in [0.15, 0.2) is 18.2 Å². The number of amides is 1. The van der Waals surface area contributed by atoms with E-state index in [1.54, 1.807) is 18.2 Å². The van der Waals surface area contributed by atoms with Gasteiger partial charge in [0.15, 0.2) is 0 Å². The number of carbonyl (C=O) groups is 2. The number of ether oxygens (including phenoxy) is 1. The number of nitrogens with one attached hydrogen (secondary N) is 1. The number of rotatable bonds is 6. The highest BCUT2D eigenvalue weighted by Crippen LogP contribution is 2.26. The van der Waals surface area contributed by atoms with Crippen molar-refractivity contribution in [2.75, 3.05) is 0 Å². The summed E-state index contributed by atoms with van der Waals surface area (Å²) in [5.74, 6) is 0.110. The first-order valence-corrected chi connectivity index (χ1v) is 8.55. The number of benzene rings is 1. The topological polar surface area (TPSA) is 75.6 Å². The number of carbonyl (C=O) groups excluding carboxylic acids is 2. The van der Waals surface area contributed by atoms with Crippen molar-refractivity contribution in [3.63, 3.8) is 0 Å². The van der Waals surface area contributed by atoms with Gasteiger partial charge in [-0.2, -0.15) is 0 Å². The molecule has 1 saturated carbocycles. The van der Waals surface area contributed by atoms with E-state index in [0.29, 0.717) is 13.0 Å². The van der Waals surface area contributed by atoms with Crippen LogP contribution >= 0.6 is 0 Å². The predicted molar refractivity (Wildman–Crippen MR) is 91.5 cm³/mol. The van der Waals surface area contributed by atoms with Crippen molar-refractivity contribution in [3.05, 3.63) is 29.3 Å². The summed E-state index contributed by atoms with van der Waals surface area (Å²) in [4.78, 5) is 23.8. The van der Waals surface area contributed by atoms with Crippen LogP contribution in [0.2, 0.25) is 0 Å². The molecule has 1 aliphatic carbocycles. The normalized spacial score (nSPS) is 14.8. The van der Waals surface area contributed by atoms with Crippen molar-refractivity contribution in [1.82, 2.24) is 5.32 Å². The Bertz CT molecular complexity index is 600. The summed E-state index contributed by atoms with van der Waals surface area (Å²) in [7, 11) is 0. The van der Waals surface area contributed by atoms with Crippen LogP contribution in [0.25, 0.3) is 0 Å². The molecule has 0 heterocycles. The molecule has 1 fully saturated rings. The molecule has 24 heavy (non-hydrogen) atoms. The average molecular weight is 333 g/mol. The summed E-state index contributed by atoms with van der Waals surface area (Å²) < 4.78 is 5.32. The lowest BCUT2D eigenvalue weighted by Gasteiger charge is -2.24. The maximum absolute atomic E-state index is 12.0. The SMILES string of the molecule is CC(C)(C)OC(=O)CCc1ccc(O)cc1CNC(=O)C1CCC1. The van der Waals surface area contributed by atoms with E-state index in [9.17, 15) is 14.7 Å². The average Bonchev–Trinajstić information content (AvgIpc) is 2.40. The van der Waals surface area contributed by atoms with Crippen LogP contribution in [0, 0.1) is 5.92 Å². The van der Waals surface area contributed by atoms with Gasteiger partial charge in [-0.25, -0.2) is 0 Å². The lowest BCUT2D eigenvalue weighted by molar-refractivity contribution is -0.154. The molecule has 0 spiro atoms. The van der Waals surface area contributed by atoms with Crippen molar-refractivity contribution in [3.8, 4) is 5.75 Å². The van der Waals surface area contributed by atoms with Crippen LogP contribution < -0.4 is 5.32 Å². The van der Waals surface area contributed by atoms with Crippen LogP contribution in [-0.2, 0) is 27.3 Å². The maximum atomic E-state index is 12.0. The first-order chi connectivity index (χ1) is 11.2. The van der Waals surface area contributed by atoms with E-state index < -0.39 is 5.60 Å². The van der Waals surface area contributed by atoms with E-state index in [0.717, 1.165) is 30.4 Å². The molecule has 0 atom stereocenters. The third kappa shape index (κ3) is 5.55. The Balaban J connectivity index is 1.93. The standard InChI is InChI=1S/C19H27NO4/c1-19(2,3)24-17(22)10-8-13-7-9-16(21)11-15(13)12-20-18(23)14-5-4-6-14/h7,9,11,14,21H,4-6,8,10,12H2,1-3H3,(H,20,23). The smallest absolute Gasteiger partial charge is 0.306 e. The van der Waals surface area contributed by atoms with Crippen molar-refractivity contribution < 1.29 is 19.4 Å². The van der Waals surface area contributed by atoms with Gasteiger partial charge in [0.2, 0.25) is 5.91 Å². The van der Waals surface area contributed by atoms with E-state index in [2.05, 4.69) is 5.32 Å². The highest BCUT2D eigenvalue weighted by molar-refractivity contribution is 5.79. The molecule has 2 N–H and O–H groups in total. The fourth-order valence-corrected chi connectivity index (χ4v) is 2.65. The number of hydrogen-bond acceptors (Lipinski definition) is 4. The summed E-state index contributed by atoms with van der Waals surface area (Å²) >= 11 is 0. The molecule has 132 valence electrons. The first kappa shape index (κ1) is 18.3. The Morgan fingerprint density at radius 3 is 2.54 bits per heavy atom. The fourth-order valence-electron chi connectivity index (χ4n) is 2.65. The molecule has 5 heteroatoms.